The van der Waals surface area contributed by atoms with Crippen molar-refractivity contribution in [3.05, 3.63) is 108 Å². The second kappa shape index (κ2) is 10.2. The first-order valence-corrected chi connectivity index (χ1v) is 11.6. The summed E-state index contributed by atoms with van der Waals surface area (Å²) in [5.74, 6) is 1.61. The predicted octanol–water partition coefficient (Wildman–Crippen LogP) is 5.37. The number of aryl methyl sites for hydroxylation is 1. The number of hydrogen-bond acceptors (Lipinski definition) is 3. The van der Waals surface area contributed by atoms with E-state index in [4.69, 9.17) is 9.72 Å². The minimum Gasteiger partial charge on any atom is -0.484 e. The lowest BCUT2D eigenvalue weighted by molar-refractivity contribution is -0.123. The third kappa shape index (κ3) is 5.09. The summed E-state index contributed by atoms with van der Waals surface area (Å²) < 4.78 is 7.80. The maximum Gasteiger partial charge on any atom is 0.257 e. The molecule has 4 aromatic carbocycles. The van der Waals surface area contributed by atoms with Gasteiger partial charge in [0.25, 0.3) is 5.91 Å². The Bertz CT molecular complexity index is 1410. The Labute approximate surface area is 199 Å². The number of rotatable bonds is 9. The summed E-state index contributed by atoms with van der Waals surface area (Å²) in [4.78, 5) is 17.0. The van der Waals surface area contributed by atoms with Gasteiger partial charge < -0.3 is 14.6 Å². The molecule has 1 amide bonds. The highest BCUT2D eigenvalue weighted by Gasteiger charge is 2.11. The highest BCUT2D eigenvalue weighted by Crippen LogP contribution is 2.21. The van der Waals surface area contributed by atoms with Crippen molar-refractivity contribution in [1.82, 2.24) is 14.9 Å². The van der Waals surface area contributed by atoms with Crippen molar-refractivity contribution >= 4 is 27.7 Å². The first kappa shape index (κ1) is 21.7. The number of nitrogens with one attached hydrogen (secondary N) is 1. The molecule has 1 heterocycles. The zero-order chi connectivity index (χ0) is 23.2. The van der Waals surface area contributed by atoms with Crippen molar-refractivity contribution in [2.45, 2.75) is 19.4 Å². The quantitative estimate of drug-likeness (QED) is 0.308. The third-order valence-corrected chi connectivity index (χ3v) is 5.90. The number of fused-ring (bicyclic) bond motifs is 2. The standard InChI is InChI=1S/C29H27N3O2/c33-29(21-34-25-11-2-1-3-12-25)30-18-8-15-28-31-26-13-6-7-14-27(26)32(28)20-22-16-17-23-9-4-5-10-24(23)19-22/h1-7,9-14,16-17,19H,8,15,18,20-21H2,(H,30,33). The number of imidazole rings is 1. The summed E-state index contributed by atoms with van der Waals surface area (Å²) in [6, 6.07) is 32.7. The lowest BCUT2D eigenvalue weighted by atomic mass is 10.1. The lowest BCUT2D eigenvalue weighted by Crippen LogP contribution is -2.30. The number of nitrogens with zero attached hydrogens (tertiary/aromatic N) is 2. The number of aromatic nitrogens is 2. The number of benzene rings is 4. The van der Waals surface area contributed by atoms with Crippen LogP contribution >= 0.6 is 0 Å². The Morgan fingerprint density at radius 3 is 2.50 bits per heavy atom. The average molecular weight is 450 g/mol. The number of para-hydroxylation sites is 3. The molecule has 0 bridgehead atoms. The van der Waals surface area contributed by atoms with E-state index in [2.05, 4.69) is 70.5 Å². The summed E-state index contributed by atoms with van der Waals surface area (Å²) in [5.41, 5.74) is 3.37. The molecular formula is C29H27N3O2. The van der Waals surface area contributed by atoms with Crippen LogP contribution in [0.15, 0.2) is 97.1 Å². The lowest BCUT2D eigenvalue weighted by Gasteiger charge is -2.11. The highest BCUT2D eigenvalue weighted by atomic mass is 16.5. The maximum absolute atomic E-state index is 12.1. The minimum absolute atomic E-state index is 0.0183. The van der Waals surface area contributed by atoms with Gasteiger partial charge in [-0.25, -0.2) is 4.98 Å². The van der Waals surface area contributed by atoms with Crippen LogP contribution in [-0.4, -0.2) is 28.6 Å². The molecule has 0 unspecified atom stereocenters. The molecule has 5 rings (SSSR count). The van der Waals surface area contributed by atoms with Crippen molar-refractivity contribution in [3.8, 4) is 5.75 Å². The molecule has 0 radical (unpaired) electrons. The van der Waals surface area contributed by atoms with Crippen LogP contribution in [0, 0.1) is 0 Å². The van der Waals surface area contributed by atoms with Crippen LogP contribution in [0.5, 0.6) is 5.75 Å². The smallest absolute Gasteiger partial charge is 0.257 e. The van der Waals surface area contributed by atoms with E-state index >= 15 is 0 Å². The fourth-order valence-corrected chi connectivity index (χ4v) is 4.20. The summed E-state index contributed by atoms with van der Waals surface area (Å²) in [7, 11) is 0. The highest BCUT2D eigenvalue weighted by molar-refractivity contribution is 5.83. The topological polar surface area (TPSA) is 56.1 Å². The van der Waals surface area contributed by atoms with Crippen molar-refractivity contribution < 1.29 is 9.53 Å². The summed E-state index contributed by atoms with van der Waals surface area (Å²) in [5, 5.41) is 5.43. The van der Waals surface area contributed by atoms with E-state index < -0.39 is 0 Å². The molecule has 5 heteroatoms. The van der Waals surface area contributed by atoms with Crippen molar-refractivity contribution in [3.63, 3.8) is 0 Å². The van der Waals surface area contributed by atoms with Crippen LogP contribution < -0.4 is 10.1 Å². The molecule has 0 spiro atoms. The van der Waals surface area contributed by atoms with E-state index in [1.54, 1.807) is 0 Å². The van der Waals surface area contributed by atoms with Gasteiger partial charge in [0, 0.05) is 19.5 Å². The van der Waals surface area contributed by atoms with E-state index in [0.29, 0.717) is 12.3 Å². The number of amides is 1. The number of carbonyl (C=O) groups excluding carboxylic acids is 1. The number of carbonyl (C=O) groups is 1. The van der Waals surface area contributed by atoms with E-state index in [0.717, 1.165) is 36.2 Å². The van der Waals surface area contributed by atoms with Crippen LogP contribution in [0.2, 0.25) is 0 Å². The maximum atomic E-state index is 12.1. The van der Waals surface area contributed by atoms with Gasteiger partial charge in [-0.2, -0.15) is 0 Å². The summed E-state index contributed by atoms with van der Waals surface area (Å²) in [6.45, 7) is 1.36. The second-order valence-electron chi connectivity index (χ2n) is 8.34. The van der Waals surface area contributed by atoms with E-state index in [-0.39, 0.29) is 12.5 Å². The molecular weight excluding hydrogens is 422 g/mol. The van der Waals surface area contributed by atoms with Gasteiger partial charge in [-0.3, -0.25) is 4.79 Å². The molecule has 170 valence electrons. The minimum atomic E-state index is -0.117. The van der Waals surface area contributed by atoms with Crippen molar-refractivity contribution in [2.24, 2.45) is 0 Å². The average Bonchev–Trinajstić information content (AvgIpc) is 3.23. The Morgan fingerprint density at radius 2 is 1.62 bits per heavy atom. The normalized spacial score (nSPS) is 11.1. The summed E-state index contributed by atoms with van der Waals surface area (Å²) >= 11 is 0. The SMILES string of the molecule is O=C(COc1ccccc1)NCCCc1nc2ccccc2n1Cc1ccc2ccccc2c1. The second-order valence-corrected chi connectivity index (χ2v) is 8.34. The third-order valence-electron chi connectivity index (χ3n) is 5.90. The molecule has 0 saturated heterocycles. The molecule has 5 aromatic rings. The molecule has 0 saturated carbocycles. The number of hydrogen-bond donors (Lipinski definition) is 1. The van der Waals surface area contributed by atoms with Crippen LogP contribution in [0.1, 0.15) is 17.8 Å². The molecule has 1 aromatic heterocycles. The van der Waals surface area contributed by atoms with Gasteiger partial charge in [0.2, 0.25) is 0 Å². The summed E-state index contributed by atoms with van der Waals surface area (Å²) in [6.07, 6.45) is 1.58. The zero-order valence-electron chi connectivity index (χ0n) is 19.0. The van der Waals surface area contributed by atoms with Gasteiger partial charge in [0.15, 0.2) is 6.61 Å². The van der Waals surface area contributed by atoms with Crippen molar-refractivity contribution in [2.75, 3.05) is 13.2 Å². The van der Waals surface area contributed by atoms with Gasteiger partial charge in [0.1, 0.15) is 11.6 Å². The number of ether oxygens (including phenoxy) is 1. The predicted molar refractivity (Wildman–Crippen MR) is 136 cm³/mol. The first-order chi connectivity index (χ1) is 16.8. The Balaban J connectivity index is 1.23. The Kier molecular flexibility index (Phi) is 6.52. The van der Waals surface area contributed by atoms with Crippen LogP contribution in [0.4, 0.5) is 0 Å². The first-order valence-electron chi connectivity index (χ1n) is 11.6. The largest absolute Gasteiger partial charge is 0.484 e. The zero-order valence-corrected chi connectivity index (χ0v) is 19.0. The molecule has 1 N–H and O–H groups in total. The van der Waals surface area contributed by atoms with Crippen LogP contribution in [0.25, 0.3) is 21.8 Å². The molecule has 34 heavy (non-hydrogen) atoms. The van der Waals surface area contributed by atoms with Crippen molar-refractivity contribution in [1.29, 1.82) is 0 Å². The van der Waals surface area contributed by atoms with E-state index in [1.165, 1.54) is 16.3 Å². The molecule has 0 aliphatic carbocycles. The molecule has 0 atom stereocenters. The Morgan fingerprint density at radius 1 is 0.853 bits per heavy atom. The molecule has 0 aliphatic rings. The molecule has 0 fully saturated rings. The van der Waals surface area contributed by atoms with Gasteiger partial charge >= 0.3 is 0 Å². The van der Waals surface area contributed by atoms with Gasteiger partial charge in [0.05, 0.1) is 11.0 Å². The van der Waals surface area contributed by atoms with Crippen LogP contribution in [0.3, 0.4) is 0 Å². The van der Waals surface area contributed by atoms with Gasteiger partial charge in [-0.05, 0) is 53.1 Å². The molecule has 0 aliphatic heterocycles. The fraction of sp³-hybridized carbons (Fsp3) is 0.172. The molecule has 5 nitrogen and oxygen atoms in total. The van der Waals surface area contributed by atoms with E-state index in [9.17, 15) is 4.79 Å². The van der Waals surface area contributed by atoms with Gasteiger partial charge in [-0.1, -0.05) is 66.7 Å². The van der Waals surface area contributed by atoms with Gasteiger partial charge in [-0.15, -0.1) is 0 Å². The van der Waals surface area contributed by atoms with Crippen LogP contribution in [-0.2, 0) is 17.8 Å². The van der Waals surface area contributed by atoms with E-state index in [1.807, 2.05) is 36.4 Å². The monoisotopic (exact) mass is 449 g/mol. The fourth-order valence-electron chi connectivity index (χ4n) is 4.20. The Hall–Kier alpha value is -4.12.